The van der Waals surface area contributed by atoms with Gasteiger partial charge in [0.1, 0.15) is 9.88 Å². The molecule has 0 bridgehead atoms. The third-order valence-corrected chi connectivity index (χ3v) is 6.31. The van der Waals surface area contributed by atoms with Crippen molar-refractivity contribution in [2.24, 2.45) is 0 Å². The number of ether oxygens (including phenoxy) is 1. The number of hydrogen-bond donors (Lipinski definition) is 1. The molecule has 1 aromatic carbocycles. The Labute approximate surface area is 166 Å². The average Bonchev–Trinajstić information content (AvgIpc) is 3.24. The summed E-state index contributed by atoms with van der Waals surface area (Å²) in [5.74, 6) is -0.908. The van der Waals surface area contributed by atoms with Gasteiger partial charge in [-0.15, -0.1) is 22.7 Å². The highest BCUT2D eigenvalue weighted by Crippen LogP contribution is 2.31. The molecule has 0 aliphatic heterocycles. The number of carbonyl (C=O) groups excluding carboxylic acids is 2. The molecule has 0 spiro atoms. The minimum Gasteiger partial charge on any atom is -0.451 e. The molecule has 0 unspecified atom stereocenters. The molecule has 25 heavy (non-hydrogen) atoms. The maximum absolute atomic E-state index is 12.2. The predicted octanol–water partition coefficient (Wildman–Crippen LogP) is 4.58. The SMILES string of the molecule is Cc1nc(-c2cccs2)sc1C(=O)OCC(=O)Nc1ccccc1I. The van der Waals surface area contributed by atoms with Gasteiger partial charge in [0, 0.05) is 3.57 Å². The second-order valence-electron chi connectivity index (χ2n) is 5.02. The summed E-state index contributed by atoms with van der Waals surface area (Å²) in [5, 5.41) is 5.46. The first-order valence-electron chi connectivity index (χ1n) is 7.27. The Kier molecular flexibility index (Phi) is 5.82. The van der Waals surface area contributed by atoms with E-state index in [1.165, 1.54) is 11.3 Å². The number of nitrogens with zero attached hydrogens (tertiary/aromatic N) is 1. The van der Waals surface area contributed by atoms with E-state index in [0.717, 1.165) is 13.5 Å². The van der Waals surface area contributed by atoms with Crippen LogP contribution in [-0.4, -0.2) is 23.5 Å². The molecule has 2 heterocycles. The van der Waals surface area contributed by atoms with Gasteiger partial charge in [0.2, 0.25) is 0 Å². The fourth-order valence-electron chi connectivity index (χ4n) is 2.04. The van der Waals surface area contributed by atoms with E-state index in [4.69, 9.17) is 4.74 Å². The fraction of sp³-hybridized carbons (Fsp3) is 0.118. The van der Waals surface area contributed by atoms with Crippen LogP contribution in [0.5, 0.6) is 0 Å². The third-order valence-electron chi connectivity index (χ3n) is 3.20. The van der Waals surface area contributed by atoms with Crippen LogP contribution in [0.1, 0.15) is 15.4 Å². The maximum atomic E-state index is 12.2. The Bertz CT molecular complexity index is 907. The van der Waals surface area contributed by atoms with Crippen LogP contribution in [-0.2, 0) is 9.53 Å². The Morgan fingerprint density at radius 2 is 2.04 bits per heavy atom. The van der Waals surface area contributed by atoms with Crippen molar-refractivity contribution in [1.82, 2.24) is 4.98 Å². The highest BCUT2D eigenvalue weighted by Gasteiger charge is 2.19. The van der Waals surface area contributed by atoms with Gasteiger partial charge in [0.25, 0.3) is 5.91 Å². The first-order chi connectivity index (χ1) is 12.0. The van der Waals surface area contributed by atoms with Crippen molar-refractivity contribution >= 4 is 62.8 Å². The van der Waals surface area contributed by atoms with Crippen LogP contribution in [0, 0.1) is 10.5 Å². The quantitative estimate of drug-likeness (QED) is 0.425. The molecule has 0 saturated heterocycles. The summed E-state index contributed by atoms with van der Waals surface area (Å²) in [5.41, 5.74) is 1.30. The van der Waals surface area contributed by atoms with Crippen molar-refractivity contribution in [3.63, 3.8) is 0 Å². The number of hydrogen-bond acceptors (Lipinski definition) is 6. The zero-order chi connectivity index (χ0) is 17.8. The average molecular weight is 484 g/mol. The molecular weight excluding hydrogens is 471 g/mol. The van der Waals surface area contributed by atoms with Crippen LogP contribution in [0.15, 0.2) is 41.8 Å². The Hall–Kier alpha value is -1.78. The van der Waals surface area contributed by atoms with Gasteiger partial charge in [-0.25, -0.2) is 9.78 Å². The van der Waals surface area contributed by atoms with Gasteiger partial charge in [-0.2, -0.15) is 0 Å². The number of anilines is 1. The number of thiazole rings is 1. The molecule has 8 heteroatoms. The van der Waals surface area contributed by atoms with E-state index in [1.54, 1.807) is 24.3 Å². The molecule has 0 saturated carbocycles. The Balaban J connectivity index is 1.61. The summed E-state index contributed by atoms with van der Waals surface area (Å²) in [6, 6.07) is 11.3. The number of amides is 1. The normalized spacial score (nSPS) is 10.5. The molecule has 0 aliphatic rings. The van der Waals surface area contributed by atoms with E-state index in [1.807, 2.05) is 35.7 Å². The van der Waals surface area contributed by atoms with E-state index >= 15 is 0 Å². The number of benzene rings is 1. The largest absolute Gasteiger partial charge is 0.451 e. The van der Waals surface area contributed by atoms with Crippen molar-refractivity contribution in [2.75, 3.05) is 11.9 Å². The lowest BCUT2D eigenvalue weighted by Gasteiger charge is -2.07. The van der Waals surface area contributed by atoms with Gasteiger partial charge in [-0.3, -0.25) is 4.79 Å². The molecule has 2 aromatic heterocycles. The number of aromatic nitrogens is 1. The highest BCUT2D eigenvalue weighted by atomic mass is 127. The molecular formula is C17H13IN2O3S2. The van der Waals surface area contributed by atoms with E-state index in [2.05, 4.69) is 32.9 Å². The van der Waals surface area contributed by atoms with Crippen LogP contribution in [0.2, 0.25) is 0 Å². The summed E-state index contributed by atoms with van der Waals surface area (Å²) in [7, 11) is 0. The maximum Gasteiger partial charge on any atom is 0.350 e. The van der Waals surface area contributed by atoms with Crippen LogP contribution < -0.4 is 5.32 Å². The summed E-state index contributed by atoms with van der Waals surface area (Å²) in [4.78, 5) is 30.0. The van der Waals surface area contributed by atoms with Crippen LogP contribution in [0.25, 0.3) is 9.88 Å². The van der Waals surface area contributed by atoms with Crippen molar-refractivity contribution < 1.29 is 14.3 Å². The number of carbonyl (C=O) groups is 2. The minimum absolute atomic E-state index is 0.338. The van der Waals surface area contributed by atoms with Crippen molar-refractivity contribution in [2.45, 2.75) is 6.92 Å². The number of halogens is 1. The number of rotatable bonds is 5. The Morgan fingerprint density at radius 1 is 1.24 bits per heavy atom. The van der Waals surface area contributed by atoms with Crippen molar-refractivity contribution in [3.05, 3.63) is 55.9 Å². The van der Waals surface area contributed by atoms with Crippen molar-refractivity contribution in [3.8, 4) is 9.88 Å². The number of para-hydroxylation sites is 1. The van der Waals surface area contributed by atoms with Crippen LogP contribution in [0.3, 0.4) is 0 Å². The smallest absolute Gasteiger partial charge is 0.350 e. The number of aryl methyl sites for hydroxylation is 1. The molecule has 0 radical (unpaired) electrons. The minimum atomic E-state index is -0.532. The molecule has 5 nitrogen and oxygen atoms in total. The number of thiophene rings is 1. The van der Waals surface area contributed by atoms with Gasteiger partial charge in [0.05, 0.1) is 16.3 Å². The van der Waals surface area contributed by atoms with Gasteiger partial charge in [-0.05, 0) is 53.1 Å². The summed E-state index contributed by atoms with van der Waals surface area (Å²) < 4.78 is 6.05. The van der Waals surface area contributed by atoms with E-state index < -0.39 is 5.97 Å². The number of esters is 1. The molecule has 3 aromatic rings. The van der Waals surface area contributed by atoms with E-state index in [9.17, 15) is 9.59 Å². The second kappa shape index (κ2) is 8.07. The highest BCUT2D eigenvalue weighted by molar-refractivity contribution is 14.1. The fourth-order valence-corrected chi connectivity index (χ4v) is 4.32. The molecule has 128 valence electrons. The zero-order valence-corrected chi connectivity index (χ0v) is 16.9. The van der Waals surface area contributed by atoms with Gasteiger partial charge in [0.15, 0.2) is 6.61 Å². The van der Waals surface area contributed by atoms with E-state index in [0.29, 0.717) is 16.3 Å². The van der Waals surface area contributed by atoms with Gasteiger partial charge in [-0.1, -0.05) is 18.2 Å². The first-order valence-corrected chi connectivity index (χ1v) is 10.0. The monoisotopic (exact) mass is 484 g/mol. The summed E-state index contributed by atoms with van der Waals surface area (Å²) in [6.45, 7) is 1.42. The topological polar surface area (TPSA) is 68.3 Å². The molecule has 1 amide bonds. The summed E-state index contributed by atoms with van der Waals surface area (Å²) >= 11 is 4.97. The third kappa shape index (κ3) is 4.44. The summed E-state index contributed by atoms with van der Waals surface area (Å²) in [6.07, 6.45) is 0. The lowest BCUT2D eigenvalue weighted by molar-refractivity contribution is -0.119. The lowest BCUT2D eigenvalue weighted by atomic mass is 10.3. The molecule has 0 fully saturated rings. The lowest BCUT2D eigenvalue weighted by Crippen LogP contribution is -2.21. The van der Waals surface area contributed by atoms with Crippen molar-refractivity contribution in [1.29, 1.82) is 0 Å². The molecule has 3 rings (SSSR count). The molecule has 1 N–H and O–H groups in total. The molecule has 0 aliphatic carbocycles. The molecule has 0 atom stereocenters. The second-order valence-corrected chi connectivity index (χ2v) is 8.12. The van der Waals surface area contributed by atoms with Crippen LogP contribution >= 0.6 is 45.3 Å². The standard InChI is InChI=1S/C17H13IN2O3S2/c1-10-15(25-16(19-10)13-7-4-8-24-13)17(22)23-9-14(21)20-12-6-3-2-5-11(12)18/h2-8H,9H2,1H3,(H,20,21). The van der Waals surface area contributed by atoms with E-state index in [-0.39, 0.29) is 12.5 Å². The Morgan fingerprint density at radius 3 is 2.76 bits per heavy atom. The zero-order valence-electron chi connectivity index (χ0n) is 13.1. The first kappa shape index (κ1) is 18.0. The van der Waals surface area contributed by atoms with Crippen LogP contribution in [0.4, 0.5) is 5.69 Å². The van der Waals surface area contributed by atoms with Gasteiger partial charge >= 0.3 is 5.97 Å². The predicted molar refractivity (Wildman–Crippen MR) is 108 cm³/mol. The number of nitrogens with one attached hydrogen (secondary N) is 1. The van der Waals surface area contributed by atoms with Gasteiger partial charge < -0.3 is 10.1 Å².